The number of halogens is 1. The van der Waals surface area contributed by atoms with Gasteiger partial charge in [-0.15, -0.1) is 0 Å². The van der Waals surface area contributed by atoms with Gasteiger partial charge in [-0.25, -0.2) is 0 Å². The van der Waals surface area contributed by atoms with Crippen molar-refractivity contribution < 1.29 is 9.47 Å². The van der Waals surface area contributed by atoms with E-state index in [1.807, 2.05) is 0 Å². The maximum atomic E-state index is 5.71. The van der Waals surface area contributed by atoms with Gasteiger partial charge in [0.25, 0.3) is 0 Å². The third-order valence-corrected chi connectivity index (χ3v) is 3.55. The zero-order valence-electron chi connectivity index (χ0n) is 10.3. The van der Waals surface area contributed by atoms with Gasteiger partial charge in [0.2, 0.25) is 0 Å². The Morgan fingerprint density at radius 2 is 2.35 bits per heavy atom. The third kappa shape index (κ3) is 3.21. The van der Waals surface area contributed by atoms with Crippen molar-refractivity contribution in [3.8, 4) is 5.75 Å². The molecule has 0 bridgehead atoms. The molecule has 0 spiro atoms. The van der Waals surface area contributed by atoms with E-state index in [1.165, 1.54) is 5.56 Å². The second-order valence-corrected chi connectivity index (χ2v) is 5.18. The van der Waals surface area contributed by atoms with Crippen molar-refractivity contribution in [2.24, 2.45) is 0 Å². The van der Waals surface area contributed by atoms with Crippen LogP contribution < -0.4 is 10.1 Å². The van der Waals surface area contributed by atoms with Crippen molar-refractivity contribution >= 4 is 15.9 Å². The Bertz CT molecular complexity index is 366. The molecule has 4 heteroatoms. The molecule has 0 amide bonds. The average molecular weight is 300 g/mol. The van der Waals surface area contributed by atoms with Crippen LogP contribution in [-0.4, -0.2) is 32.9 Å². The van der Waals surface area contributed by atoms with E-state index in [1.54, 1.807) is 7.11 Å². The van der Waals surface area contributed by atoms with E-state index < -0.39 is 0 Å². The molecule has 1 N–H and O–H groups in total. The maximum Gasteiger partial charge on any atom is 0.135 e. The van der Waals surface area contributed by atoms with Crippen LogP contribution >= 0.6 is 15.9 Å². The summed E-state index contributed by atoms with van der Waals surface area (Å²) in [6.07, 6.45) is 1.22. The summed E-state index contributed by atoms with van der Waals surface area (Å²) in [4.78, 5) is 0. The van der Waals surface area contributed by atoms with Gasteiger partial charge in [-0.05, 0) is 46.5 Å². The van der Waals surface area contributed by atoms with Crippen LogP contribution in [0.5, 0.6) is 5.75 Å². The van der Waals surface area contributed by atoms with Gasteiger partial charge in [0.15, 0.2) is 0 Å². The fourth-order valence-corrected chi connectivity index (χ4v) is 2.96. The molecular weight excluding hydrogens is 282 g/mol. The van der Waals surface area contributed by atoms with E-state index in [9.17, 15) is 0 Å². The standard InChI is InChI=1S/C13H18BrNO2/c1-9-5-10(7-12(14)13(9)16-2)6-11-8-15-3-4-17-11/h5,7,11,15H,3-4,6,8H2,1-2H3/t11-/m1/s1. The molecule has 0 aliphatic carbocycles. The second kappa shape index (κ2) is 5.85. The van der Waals surface area contributed by atoms with Gasteiger partial charge in [-0.3, -0.25) is 0 Å². The Kier molecular flexibility index (Phi) is 4.42. The Labute approximate surface area is 111 Å². The number of rotatable bonds is 3. The summed E-state index contributed by atoms with van der Waals surface area (Å²) in [7, 11) is 1.70. The minimum absolute atomic E-state index is 0.281. The highest BCUT2D eigenvalue weighted by Crippen LogP contribution is 2.30. The first-order valence-corrected chi connectivity index (χ1v) is 6.65. The first-order valence-electron chi connectivity index (χ1n) is 5.86. The van der Waals surface area contributed by atoms with Gasteiger partial charge in [0, 0.05) is 13.1 Å². The Balaban J connectivity index is 2.10. The Hall–Kier alpha value is -0.580. The number of ether oxygens (including phenoxy) is 2. The predicted octanol–water partition coefficient (Wildman–Crippen LogP) is 2.30. The Morgan fingerprint density at radius 3 is 2.94 bits per heavy atom. The van der Waals surface area contributed by atoms with Crippen LogP contribution in [0.15, 0.2) is 16.6 Å². The van der Waals surface area contributed by atoms with E-state index in [-0.39, 0.29) is 6.10 Å². The monoisotopic (exact) mass is 299 g/mol. The zero-order valence-corrected chi connectivity index (χ0v) is 11.8. The minimum Gasteiger partial charge on any atom is -0.495 e. The molecule has 94 valence electrons. The molecule has 1 aliphatic heterocycles. The number of aryl methyl sites for hydroxylation is 1. The molecule has 1 aromatic carbocycles. The predicted molar refractivity (Wildman–Crippen MR) is 71.7 cm³/mol. The normalized spacial score (nSPS) is 20.3. The van der Waals surface area contributed by atoms with Crippen LogP contribution in [0.4, 0.5) is 0 Å². The summed E-state index contributed by atoms with van der Waals surface area (Å²) >= 11 is 3.54. The molecular formula is C13H18BrNO2. The fourth-order valence-electron chi connectivity index (χ4n) is 2.19. The molecule has 1 aromatic rings. The molecule has 0 radical (unpaired) electrons. The van der Waals surface area contributed by atoms with Crippen molar-refractivity contribution in [1.82, 2.24) is 5.32 Å². The summed E-state index contributed by atoms with van der Waals surface area (Å²) in [6.45, 7) is 4.76. The highest BCUT2D eigenvalue weighted by Gasteiger charge is 2.15. The number of nitrogens with one attached hydrogen (secondary N) is 1. The quantitative estimate of drug-likeness (QED) is 0.929. The van der Waals surface area contributed by atoms with Crippen LogP contribution in [0, 0.1) is 6.92 Å². The topological polar surface area (TPSA) is 30.5 Å². The summed E-state index contributed by atoms with van der Waals surface area (Å²) in [5, 5.41) is 3.35. The molecule has 17 heavy (non-hydrogen) atoms. The Morgan fingerprint density at radius 1 is 1.53 bits per heavy atom. The molecule has 0 saturated carbocycles. The van der Waals surface area contributed by atoms with Crippen molar-refractivity contribution in [1.29, 1.82) is 0 Å². The number of hydrogen-bond acceptors (Lipinski definition) is 3. The SMILES string of the molecule is COc1c(C)cc(C[C@@H]2CNCCO2)cc1Br. The molecule has 3 nitrogen and oxygen atoms in total. The van der Waals surface area contributed by atoms with Crippen molar-refractivity contribution in [2.75, 3.05) is 26.8 Å². The van der Waals surface area contributed by atoms with Gasteiger partial charge >= 0.3 is 0 Å². The largest absolute Gasteiger partial charge is 0.495 e. The first-order chi connectivity index (χ1) is 8.20. The lowest BCUT2D eigenvalue weighted by Crippen LogP contribution is -2.39. The van der Waals surface area contributed by atoms with E-state index >= 15 is 0 Å². The van der Waals surface area contributed by atoms with Crippen molar-refractivity contribution in [3.05, 3.63) is 27.7 Å². The van der Waals surface area contributed by atoms with E-state index in [0.29, 0.717) is 0 Å². The second-order valence-electron chi connectivity index (χ2n) is 4.33. The van der Waals surface area contributed by atoms with Gasteiger partial charge in [-0.1, -0.05) is 6.07 Å². The smallest absolute Gasteiger partial charge is 0.135 e. The van der Waals surface area contributed by atoms with Crippen molar-refractivity contribution in [2.45, 2.75) is 19.4 Å². The molecule has 1 aliphatic rings. The minimum atomic E-state index is 0.281. The lowest BCUT2D eigenvalue weighted by Gasteiger charge is -2.24. The molecule has 2 rings (SSSR count). The van der Waals surface area contributed by atoms with Crippen LogP contribution in [-0.2, 0) is 11.2 Å². The van der Waals surface area contributed by atoms with Gasteiger partial charge in [0.05, 0.1) is 24.3 Å². The number of benzene rings is 1. The van der Waals surface area contributed by atoms with E-state index in [4.69, 9.17) is 9.47 Å². The highest BCUT2D eigenvalue weighted by atomic mass is 79.9. The zero-order chi connectivity index (χ0) is 12.3. The van der Waals surface area contributed by atoms with Crippen LogP contribution in [0.2, 0.25) is 0 Å². The number of hydrogen-bond donors (Lipinski definition) is 1. The molecule has 1 saturated heterocycles. The van der Waals surface area contributed by atoms with Crippen LogP contribution in [0.1, 0.15) is 11.1 Å². The maximum absolute atomic E-state index is 5.71. The first kappa shape index (κ1) is 12.9. The summed E-state index contributed by atoms with van der Waals surface area (Å²) < 4.78 is 12.1. The lowest BCUT2D eigenvalue weighted by atomic mass is 10.0. The van der Waals surface area contributed by atoms with Crippen LogP contribution in [0.3, 0.4) is 0 Å². The summed E-state index contributed by atoms with van der Waals surface area (Å²) in [5.41, 5.74) is 2.43. The van der Waals surface area contributed by atoms with Crippen molar-refractivity contribution in [3.63, 3.8) is 0 Å². The third-order valence-electron chi connectivity index (χ3n) is 2.96. The highest BCUT2D eigenvalue weighted by molar-refractivity contribution is 9.10. The van der Waals surface area contributed by atoms with Gasteiger partial charge < -0.3 is 14.8 Å². The molecule has 0 aromatic heterocycles. The summed E-state index contributed by atoms with van der Waals surface area (Å²) in [6, 6.07) is 4.28. The molecule has 1 fully saturated rings. The molecule has 1 atom stereocenters. The number of morpholine rings is 1. The number of methoxy groups -OCH3 is 1. The summed E-state index contributed by atoms with van der Waals surface area (Å²) in [5.74, 6) is 0.913. The average Bonchev–Trinajstić information content (AvgIpc) is 2.30. The van der Waals surface area contributed by atoms with E-state index in [2.05, 4.69) is 40.3 Å². The van der Waals surface area contributed by atoms with E-state index in [0.717, 1.165) is 41.9 Å². The fraction of sp³-hybridized carbons (Fsp3) is 0.538. The van der Waals surface area contributed by atoms with Crippen LogP contribution in [0.25, 0.3) is 0 Å². The molecule has 1 heterocycles. The molecule has 0 unspecified atom stereocenters. The lowest BCUT2D eigenvalue weighted by molar-refractivity contribution is 0.0292. The van der Waals surface area contributed by atoms with Gasteiger partial charge in [0.1, 0.15) is 5.75 Å². The van der Waals surface area contributed by atoms with Gasteiger partial charge in [-0.2, -0.15) is 0 Å².